The predicted octanol–water partition coefficient (Wildman–Crippen LogP) is -0.295. The number of hydrogen-bond acceptors (Lipinski definition) is 3. The Hall–Kier alpha value is -1.39. The molecule has 0 bridgehead atoms. The van der Waals surface area contributed by atoms with Crippen LogP contribution in [0.25, 0.3) is 0 Å². The van der Waals surface area contributed by atoms with E-state index in [1.807, 2.05) is 6.92 Å². The summed E-state index contributed by atoms with van der Waals surface area (Å²) in [6.07, 6.45) is 0. The molecular formula is C6H10N4O. The van der Waals surface area contributed by atoms with Crippen molar-refractivity contribution in [3.8, 4) is 0 Å². The number of primary amides is 1. The molecule has 60 valence electrons. The SMILES string of the molecule is CCn1nnc(C(N)=O)c1C. The van der Waals surface area contributed by atoms with Crippen LogP contribution in [0, 0.1) is 6.92 Å². The van der Waals surface area contributed by atoms with Crippen molar-refractivity contribution in [2.24, 2.45) is 5.73 Å². The lowest BCUT2D eigenvalue weighted by atomic mass is 10.3. The maximum Gasteiger partial charge on any atom is 0.271 e. The number of rotatable bonds is 2. The molecule has 11 heavy (non-hydrogen) atoms. The molecule has 0 saturated carbocycles. The van der Waals surface area contributed by atoms with Crippen LogP contribution in [0.3, 0.4) is 0 Å². The Morgan fingerprint density at radius 3 is 2.64 bits per heavy atom. The average Bonchev–Trinajstić information content (AvgIpc) is 2.30. The molecule has 0 aliphatic rings. The normalized spacial score (nSPS) is 10.0. The van der Waals surface area contributed by atoms with Gasteiger partial charge in [0.25, 0.3) is 5.91 Å². The third-order valence-corrected chi connectivity index (χ3v) is 1.52. The lowest BCUT2D eigenvalue weighted by Gasteiger charge is -1.95. The van der Waals surface area contributed by atoms with Crippen LogP contribution in [-0.4, -0.2) is 20.9 Å². The van der Waals surface area contributed by atoms with E-state index in [4.69, 9.17) is 5.73 Å². The second-order valence-corrected chi connectivity index (χ2v) is 2.20. The summed E-state index contributed by atoms with van der Waals surface area (Å²) < 4.78 is 1.63. The van der Waals surface area contributed by atoms with Gasteiger partial charge in [-0.15, -0.1) is 5.10 Å². The van der Waals surface area contributed by atoms with E-state index in [1.54, 1.807) is 11.6 Å². The minimum absolute atomic E-state index is 0.256. The molecule has 5 nitrogen and oxygen atoms in total. The molecule has 1 rings (SSSR count). The first-order chi connectivity index (χ1) is 5.16. The van der Waals surface area contributed by atoms with Gasteiger partial charge in [0.05, 0.1) is 5.69 Å². The van der Waals surface area contributed by atoms with Crippen LogP contribution in [0.1, 0.15) is 23.1 Å². The summed E-state index contributed by atoms with van der Waals surface area (Å²) in [7, 11) is 0. The molecule has 0 radical (unpaired) electrons. The fourth-order valence-corrected chi connectivity index (χ4v) is 0.888. The summed E-state index contributed by atoms with van der Waals surface area (Å²) in [5.41, 5.74) is 6.01. The first kappa shape index (κ1) is 7.71. The molecule has 1 aromatic rings. The van der Waals surface area contributed by atoms with Crippen molar-refractivity contribution in [2.45, 2.75) is 20.4 Å². The minimum atomic E-state index is -0.526. The van der Waals surface area contributed by atoms with Crippen molar-refractivity contribution in [3.63, 3.8) is 0 Å². The van der Waals surface area contributed by atoms with Crippen molar-refractivity contribution in [1.82, 2.24) is 15.0 Å². The number of amides is 1. The highest BCUT2D eigenvalue weighted by atomic mass is 16.1. The molecule has 1 aromatic heterocycles. The highest BCUT2D eigenvalue weighted by Crippen LogP contribution is 2.01. The van der Waals surface area contributed by atoms with E-state index in [9.17, 15) is 4.79 Å². The van der Waals surface area contributed by atoms with Crippen molar-refractivity contribution in [2.75, 3.05) is 0 Å². The van der Waals surface area contributed by atoms with Gasteiger partial charge in [0.2, 0.25) is 0 Å². The van der Waals surface area contributed by atoms with Crippen LogP contribution in [-0.2, 0) is 6.54 Å². The first-order valence-electron chi connectivity index (χ1n) is 3.36. The summed E-state index contributed by atoms with van der Waals surface area (Å²) in [5, 5.41) is 7.35. The van der Waals surface area contributed by atoms with Crippen molar-refractivity contribution < 1.29 is 4.79 Å². The van der Waals surface area contributed by atoms with Crippen LogP contribution in [0.4, 0.5) is 0 Å². The van der Waals surface area contributed by atoms with E-state index in [0.29, 0.717) is 6.54 Å². The highest BCUT2D eigenvalue weighted by Gasteiger charge is 2.11. The van der Waals surface area contributed by atoms with Gasteiger partial charge >= 0.3 is 0 Å². The van der Waals surface area contributed by atoms with Crippen LogP contribution < -0.4 is 5.73 Å². The molecule has 0 spiro atoms. The molecule has 2 N–H and O–H groups in total. The number of aromatic nitrogens is 3. The number of hydrogen-bond donors (Lipinski definition) is 1. The first-order valence-corrected chi connectivity index (χ1v) is 3.36. The Labute approximate surface area is 64.2 Å². The smallest absolute Gasteiger partial charge is 0.271 e. The van der Waals surface area contributed by atoms with Crippen LogP contribution in [0.15, 0.2) is 0 Å². The van der Waals surface area contributed by atoms with Crippen molar-refractivity contribution >= 4 is 5.91 Å². The lowest BCUT2D eigenvalue weighted by molar-refractivity contribution is 0.0995. The maximum atomic E-state index is 10.7. The molecule has 1 heterocycles. The Morgan fingerprint density at radius 2 is 2.36 bits per heavy atom. The molecule has 0 atom stereocenters. The number of nitrogens with zero attached hydrogens (tertiary/aromatic N) is 3. The van der Waals surface area contributed by atoms with E-state index in [2.05, 4.69) is 10.3 Å². The van der Waals surface area contributed by atoms with Gasteiger partial charge in [-0.25, -0.2) is 4.68 Å². The summed E-state index contributed by atoms with van der Waals surface area (Å²) in [6.45, 7) is 4.39. The standard InChI is InChI=1S/C6H10N4O/c1-3-10-4(2)5(6(7)11)8-9-10/h3H2,1-2H3,(H2,7,11). The second kappa shape index (κ2) is 2.69. The average molecular weight is 154 g/mol. The number of aryl methyl sites for hydroxylation is 1. The molecular weight excluding hydrogens is 144 g/mol. The summed E-state index contributed by atoms with van der Waals surface area (Å²) in [6, 6.07) is 0. The predicted molar refractivity (Wildman–Crippen MR) is 39.0 cm³/mol. The van der Waals surface area contributed by atoms with Crippen LogP contribution in [0.5, 0.6) is 0 Å². The fraction of sp³-hybridized carbons (Fsp3) is 0.500. The summed E-state index contributed by atoms with van der Waals surface area (Å²) >= 11 is 0. The Morgan fingerprint density at radius 1 is 1.73 bits per heavy atom. The zero-order valence-corrected chi connectivity index (χ0v) is 6.53. The Kier molecular flexibility index (Phi) is 1.89. The van der Waals surface area contributed by atoms with Gasteiger partial charge < -0.3 is 5.73 Å². The molecule has 0 aliphatic heterocycles. The third kappa shape index (κ3) is 1.21. The molecule has 0 saturated heterocycles. The Bertz CT molecular complexity index is 278. The zero-order valence-electron chi connectivity index (χ0n) is 6.53. The largest absolute Gasteiger partial charge is 0.364 e. The zero-order chi connectivity index (χ0) is 8.43. The van der Waals surface area contributed by atoms with Gasteiger partial charge in [-0.3, -0.25) is 4.79 Å². The van der Waals surface area contributed by atoms with Gasteiger partial charge in [-0.05, 0) is 13.8 Å². The van der Waals surface area contributed by atoms with E-state index >= 15 is 0 Å². The monoisotopic (exact) mass is 154 g/mol. The van der Waals surface area contributed by atoms with Crippen LogP contribution in [0.2, 0.25) is 0 Å². The summed E-state index contributed by atoms with van der Waals surface area (Å²) in [4.78, 5) is 10.7. The van der Waals surface area contributed by atoms with Crippen molar-refractivity contribution in [1.29, 1.82) is 0 Å². The van der Waals surface area contributed by atoms with Crippen LogP contribution >= 0.6 is 0 Å². The number of nitrogens with two attached hydrogens (primary N) is 1. The molecule has 0 aromatic carbocycles. The third-order valence-electron chi connectivity index (χ3n) is 1.52. The Balaban J connectivity index is 3.10. The van der Waals surface area contributed by atoms with Crippen molar-refractivity contribution in [3.05, 3.63) is 11.4 Å². The van der Waals surface area contributed by atoms with E-state index < -0.39 is 5.91 Å². The number of carbonyl (C=O) groups excluding carboxylic acids is 1. The number of carbonyl (C=O) groups is 1. The van der Waals surface area contributed by atoms with Gasteiger partial charge in [-0.2, -0.15) is 0 Å². The quantitative estimate of drug-likeness (QED) is 0.635. The molecule has 5 heteroatoms. The lowest BCUT2D eigenvalue weighted by Crippen LogP contribution is -2.13. The van der Waals surface area contributed by atoms with Gasteiger partial charge in [-0.1, -0.05) is 5.21 Å². The summed E-state index contributed by atoms with van der Waals surface area (Å²) in [5.74, 6) is -0.526. The van der Waals surface area contributed by atoms with Gasteiger partial charge in [0.1, 0.15) is 0 Å². The minimum Gasteiger partial charge on any atom is -0.364 e. The topological polar surface area (TPSA) is 73.8 Å². The van der Waals surface area contributed by atoms with E-state index in [0.717, 1.165) is 5.69 Å². The van der Waals surface area contributed by atoms with Gasteiger partial charge in [0.15, 0.2) is 5.69 Å². The molecule has 1 amide bonds. The molecule has 0 unspecified atom stereocenters. The second-order valence-electron chi connectivity index (χ2n) is 2.20. The molecule has 0 fully saturated rings. The molecule has 0 aliphatic carbocycles. The van der Waals surface area contributed by atoms with Gasteiger partial charge in [0, 0.05) is 6.54 Å². The maximum absolute atomic E-state index is 10.7. The fourth-order valence-electron chi connectivity index (χ4n) is 0.888. The van der Waals surface area contributed by atoms with E-state index in [1.165, 1.54) is 0 Å². The van der Waals surface area contributed by atoms with E-state index in [-0.39, 0.29) is 5.69 Å². The highest BCUT2D eigenvalue weighted by molar-refractivity contribution is 5.91.